The van der Waals surface area contributed by atoms with Crippen LogP contribution in [0, 0.1) is 6.92 Å². The molecule has 0 aromatic heterocycles. The van der Waals surface area contributed by atoms with Crippen molar-refractivity contribution in [1.82, 2.24) is 0 Å². The minimum Gasteiger partial charge on any atom is -0.377 e. The summed E-state index contributed by atoms with van der Waals surface area (Å²) in [5, 5.41) is 4.29. The molecule has 2 aromatic rings. The van der Waals surface area contributed by atoms with Gasteiger partial charge in [-0.3, -0.25) is 0 Å². The Morgan fingerprint density at radius 1 is 1.16 bits per heavy atom. The highest BCUT2D eigenvalue weighted by molar-refractivity contribution is 9.10. The predicted molar refractivity (Wildman–Crippen MR) is 87.0 cm³/mol. The number of hydrogen-bond acceptors (Lipinski definition) is 1. The van der Waals surface area contributed by atoms with Crippen molar-refractivity contribution in [3.8, 4) is 0 Å². The second-order valence-electron chi connectivity index (χ2n) is 4.64. The Labute approximate surface area is 128 Å². The molecule has 1 nitrogen and oxygen atoms in total. The van der Waals surface area contributed by atoms with Gasteiger partial charge in [0.05, 0.1) is 6.04 Å². The lowest BCUT2D eigenvalue weighted by molar-refractivity contribution is 0.748. The summed E-state index contributed by atoms with van der Waals surface area (Å²) in [4.78, 5) is 0. The third kappa shape index (κ3) is 3.74. The molecule has 0 aliphatic rings. The summed E-state index contributed by atoms with van der Waals surface area (Å²) in [5.74, 6) is 0. The van der Waals surface area contributed by atoms with E-state index in [1.807, 2.05) is 18.2 Å². The fourth-order valence-electron chi connectivity index (χ4n) is 2.01. The van der Waals surface area contributed by atoms with Gasteiger partial charge in [0.2, 0.25) is 0 Å². The van der Waals surface area contributed by atoms with E-state index in [0.717, 1.165) is 21.6 Å². The molecule has 1 unspecified atom stereocenters. The highest BCUT2D eigenvalue weighted by Gasteiger charge is 2.10. The summed E-state index contributed by atoms with van der Waals surface area (Å²) < 4.78 is 0.991. The molecule has 0 saturated carbocycles. The van der Waals surface area contributed by atoms with Gasteiger partial charge in [-0.15, -0.1) is 0 Å². The van der Waals surface area contributed by atoms with Crippen LogP contribution in [0.4, 0.5) is 5.69 Å². The zero-order chi connectivity index (χ0) is 13.8. The number of benzene rings is 2. The Hall–Kier alpha value is -0.990. The molecule has 0 amide bonds. The number of aryl methyl sites for hydroxylation is 1. The smallest absolute Gasteiger partial charge is 0.0511 e. The van der Waals surface area contributed by atoms with Crippen molar-refractivity contribution in [3.05, 3.63) is 63.1 Å². The van der Waals surface area contributed by atoms with E-state index in [4.69, 9.17) is 11.6 Å². The summed E-state index contributed by atoms with van der Waals surface area (Å²) in [7, 11) is 0. The van der Waals surface area contributed by atoms with Crippen molar-refractivity contribution in [1.29, 1.82) is 0 Å². The van der Waals surface area contributed by atoms with Gasteiger partial charge in [-0.2, -0.15) is 0 Å². The standard InChI is InChI=1S/C16H17BrClN/c1-3-15(12-6-4-11(2)5-7-12)19-16-9-8-13(18)10-14(16)17/h4-10,15,19H,3H2,1-2H3. The van der Waals surface area contributed by atoms with E-state index >= 15 is 0 Å². The Balaban J connectivity index is 2.21. The molecule has 0 bridgehead atoms. The molecule has 3 heteroatoms. The van der Waals surface area contributed by atoms with Gasteiger partial charge in [0.25, 0.3) is 0 Å². The lowest BCUT2D eigenvalue weighted by Gasteiger charge is -2.20. The van der Waals surface area contributed by atoms with Crippen LogP contribution in [-0.4, -0.2) is 0 Å². The van der Waals surface area contributed by atoms with Crippen LogP contribution in [0.15, 0.2) is 46.9 Å². The first-order valence-corrected chi connectivity index (χ1v) is 7.55. The Bertz CT molecular complexity index is 551. The number of hydrogen-bond donors (Lipinski definition) is 1. The topological polar surface area (TPSA) is 12.0 Å². The summed E-state index contributed by atoms with van der Waals surface area (Å²) in [6.45, 7) is 4.29. The summed E-state index contributed by atoms with van der Waals surface area (Å²) in [6.07, 6.45) is 1.03. The maximum absolute atomic E-state index is 5.96. The first-order valence-electron chi connectivity index (χ1n) is 6.38. The lowest BCUT2D eigenvalue weighted by Crippen LogP contribution is -2.10. The van der Waals surface area contributed by atoms with Crippen LogP contribution in [0.25, 0.3) is 0 Å². The third-order valence-electron chi connectivity index (χ3n) is 3.15. The fraction of sp³-hybridized carbons (Fsp3) is 0.250. The fourth-order valence-corrected chi connectivity index (χ4v) is 2.81. The molecule has 0 heterocycles. The van der Waals surface area contributed by atoms with Crippen LogP contribution in [0.2, 0.25) is 5.02 Å². The van der Waals surface area contributed by atoms with E-state index < -0.39 is 0 Å². The Kier molecular flexibility index (Phi) is 4.89. The van der Waals surface area contributed by atoms with Crippen LogP contribution in [0.1, 0.15) is 30.5 Å². The monoisotopic (exact) mass is 337 g/mol. The van der Waals surface area contributed by atoms with E-state index in [-0.39, 0.29) is 0 Å². The molecule has 0 aliphatic carbocycles. The molecule has 0 aliphatic heterocycles. The van der Waals surface area contributed by atoms with Gasteiger partial charge in [-0.25, -0.2) is 0 Å². The molecule has 1 atom stereocenters. The van der Waals surface area contributed by atoms with Gasteiger partial charge < -0.3 is 5.32 Å². The van der Waals surface area contributed by atoms with E-state index in [0.29, 0.717) is 6.04 Å². The van der Waals surface area contributed by atoms with Crippen LogP contribution in [-0.2, 0) is 0 Å². The Morgan fingerprint density at radius 3 is 2.42 bits per heavy atom. The first-order chi connectivity index (χ1) is 9.10. The molecular formula is C16H17BrClN. The SMILES string of the molecule is CCC(Nc1ccc(Cl)cc1Br)c1ccc(C)cc1. The van der Waals surface area contributed by atoms with Crippen LogP contribution >= 0.6 is 27.5 Å². The van der Waals surface area contributed by atoms with E-state index in [1.54, 1.807) is 0 Å². The summed E-state index contributed by atoms with van der Waals surface area (Å²) in [5.41, 5.74) is 3.65. The second-order valence-corrected chi connectivity index (χ2v) is 5.93. The van der Waals surface area contributed by atoms with Crippen molar-refractivity contribution < 1.29 is 0 Å². The molecule has 0 spiro atoms. The average Bonchev–Trinajstić information content (AvgIpc) is 2.39. The molecular weight excluding hydrogens is 322 g/mol. The first kappa shape index (κ1) is 14.4. The van der Waals surface area contributed by atoms with Gasteiger partial charge in [0.1, 0.15) is 0 Å². The lowest BCUT2D eigenvalue weighted by atomic mass is 10.0. The highest BCUT2D eigenvalue weighted by Crippen LogP contribution is 2.30. The van der Waals surface area contributed by atoms with Gasteiger partial charge in [0.15, 0.2) is 0 Å². The van der Waals surface area contributed by atoms with Crippen molar-refractivity contribution >= 4 is 33.2 Å². The normalized spacial score (nSPS) is 12.2. The van der Waals surface area contributed by atoms with Gasteiger partial charge >= 0.3 is 0 Å². The van der Waals surface area contributed by atoms with Gasteiger partial charge in [-0.1, -0.05) is 48.4 Å². The van der Waals surface area contributed by atoms with Crippen molar-refractivity contribution in [3.63, 3.8) is 0 Å². The van der Waals surface area contributed by atoms with Crippen LogP contribution in [0.3, 0.4) is 0 Å². The van der Waals surface area contributed by atoms with Gasteiger partial charge in [0, 0.05) is 15.2 Å². The summed E-state index contributed by atoms with van der Waals surface area (Å²) >= 11 is 9.51. The van der Waals surface area contributed by atoms with Gasteiger partial charge in [-0.05, 0) is 53.0 Å². The van der Waals surface area contributed by atoms with E-state index in [1.165, 1.54) is 11.1 Å². The summed E-state index contributed by atoms with van der Waals surface area (Å²) in [6, 6.07) is 14.8. The van der Waals surface area contributed by atoms with Crippen molar-refractivity contribution in [2.75, 3.05) is 5.32 Å². The molecule has 100 valence electrons. The highest BCUT2D eigenvalue weighted by atomic mass is 79.9. The molecule has 0 fully saturated rings. The van der Waals surface area contributed by atoms with E-state index in [9.17, 15) is 0 Å². The zero-order valence-electron chi connectivity index (χ0n) is 11.1. The Morgan fingerprint density at radius 2 is 1.84 bits per heavy atom. The number of rotatable bonds is 4. The molecule has 2 rings (SSSR count). The molecule has 0 radical (unpaired) electrons. The largest absolute Gasteiger partial charge is 0.377 e. The van der Waals surface area contributed by atoms with Crippen LogP contribution in [0.5, 0.6) is 0 Å². The molecule has 2 aromatic carbocycles. The van der Waals surface area contributed by atoms with E-state index in [2.05, 4.69) is 59.4 Å². The quantitative estimate of drug-likeness (QED) is 0.723. The van der Waals surface area contributed by atoms with Crippen molar-refractivity contribution in [2.24, 2.45) is 0 Å². The molecule has 19 heavy (non-hydrogen) atoms. The average molecular weight is 339 g/mol. The maximum Gasteiger partial charge on any atom is 0.0511 e. The minimum atomic E-state index is 0.304. The minimum absolute atomic E-state index is 0.304. The number of anilines is 1. The molecule has 1 N–H and O–H groups in total. The molecule has 0 saturated heterocycles. The number of nitrogens with one attached hydrogen (secondary N) is 1. The number of halogens is 2. The predicted octanol–water partition coefficient (Wildman–Crippen LogP) is 5.97. The second kappa shape index (κ2) is 6.44. The zero-order valence-corrected chi connectivity index (χ0v) is 13.4. The van der Waals surface area contributed by atoms with Crippen LogP contribution < -0.4 is 5.32 Å². The van der Waals surface area contributed by atoms with Crippen molar-refractivity contribution in [2.45, 2.75) is 26.3 Å². The maximum atomic E-state index is 5.96. The third-order valence-corrected chi connectivity index (χ3v) is 4.04.